The summed E-state index contributed by atoms with van der Waals surface area (Å²) in [6.45, 7) is 0.818. The lowest BCUT2D eigenvalue weighted by atomic mass is 10.2. The van der Waals surface area contributed by atoms with Gasteiger partial charge < -0.3 is 10.2 Å². The van der Waals surface area contributed by atoms with Gasteiger partial charge in [-0.3, -0.25) is 4.79 Å². The molecule has 2 rings (SSSR count). The van der Waals surface area contributed by atoms with Crippen molar-refractivity contribution in [2.75, 3.05) is 19.4 Å². The summed E-state index contributed by atoms with van der Waals surface area (Å²) in [6, 6.07) is 11.7. The first-order chi connectivity index (χ1) is 8.66. The van der Waals surface area contributed by atoms with Crippen LogP contribution in [-0.2, 0) is 6.54 Å². The van der Waals surface area contributed by atoms with Gasteiger partial charge in [-0.25, -0.2) is 0 Å². The van der Waals surface area contributed by atoms with Crippen molar-refractivity contribution in [1.82, 2.24) is 4.90 Å². The third-order valence-corrected chi connectivity index (χ3v) is 3.46. The van der Waals surface area contributed by atoms with Crippen LogP contribution in [-0.4, -0.2) is 24.9 Å². The fourth-order valence-electron chi connectivity index (χ4n) is 1.59. The summed E-state index contributed by atoms with van der Waals surface area (Å²) in [5.74, 6) is 0.0276. The van der Waals surface area contributed by atoms with E-state index in [1.54, 1.807) is 30.3 Å². The number of rotatable bonds is 4. The molecule has 0 aliphatic heterocycles. The highest BCUT2D eigenvalue weighted by Crippen LogP contribution is 2.14. The van der Waals surface area contributed by atoms with Crippen LogP contribution in [0.4, 0.5) is 5.69 Å². The van der Waals surface area contributed by atoms with Crippen molar-refractivity contribution in [3.63, 3.8) is 0 Å². The summed E-state index contributed by atoms with van der Waals surface area (Å²) < 4.78 is 0. The molecule has 0 saturated heterocycles. The van der Waals surface area contributed by atoms with Crippen LogP contribution < -0.4 is 5.32 Å². The van der Waals surface area contributed by atoms with Crippen LogP contribution in [0.25, 0.3) is 0 Å². The Morgan fingerprint density at radius 1 is 1.22 bits per heavy atom. The minimum absolute atomic E-state index is 0.0276. The molecule has 4 heteroatoms. The van der Waals surface area contributed by atoms with Gasteiger partial charge in [0, 0.05) is 36.8 Å². The van der Waals surface area contributed by atoms with Crippen molar-refractivity contribution < 1.29 is 4.79 Å². The van der Waals surface area contributed by atoms with Crippen molar-refractivity contribution in [2.24, 2.45) is 0 Å². The van der Waals surface area contributed by atoms with Gasteiger partial charge in [0.2, 0.25) is 0 Å². The van der Waals surface area contributed by atoms with Crippen LogP contribution in [0.2, 0.25) is 0 Å². The van der Waals surface area contributed by atoms with Gasteiger partial charge in [-0.05, 0) is 35.7 Å². The first kappa shape index (κ1) is 12.6. The number of hydrogen-bond donors (Lipinski definition) is 1. The van der Waals surface area contributed by atoms with Gasteiger partial charge in [-0.1, -0.05) is 6.07 Å². The number of nitrogens with one attached hydrogen (secondary N) is 1. The second-order valence-electron chi connectivity index (χ2n) is 4.21. The van der Waals surface area contributed by atoms with Crippen molar-refractivity contribution in [1.29, 1.82) is 0 Å². The number of amides is 1. The summed E-state index contributed by atoms with van der Waals surface area (Å²) in [5.41, 5.74) is 1.74. The number of benzene rings is 1. The predicted octanol–water partition coefficient (Wildman–Crippen LogP) is 3.06. The maximum absolute atomic E-state index is 11.7. The first-order valence-corrected chi connectivity index (χ1v) is 6.63. The highest BCUT2D eigenvalue weighted by molar-refractivity contribution is 7.09. The lowest BCUT2D eigenvalue weighted by molar-refractivity contribution is 0.0827. The Kier molecular flexibility index (Phi) is 3.99. The molecule has 1 N–H and O–H groups in total. The molecular formula is C14H16N2OS. The van der Waals surface area contributed by atoms with Crippen molar-refractivity contribution in [3.8, 4) is 0 Å². The largest absolute Gasteiger partial charge is 0.380 e. The molecule has 0 aliphatic carbocycles. The molecule has 0 bridgehead atoms. The Hall–Kier alpha value is -1.81. The zero-order chi connectivity index (χ0) is 13.0. The maximum atomic E-state index is 11.7. The van der Waals surface area contributed by atoms with Gasteiger partial charge in [0.1, 0.15) is 0 Å². The summed E-state index contributed by atoms with van der Waals surface area (Å²) >= 11 is 1.73. The zero-order valence-electron chi connectivity index (χ0n) is 10.5. The van der Waals surface area contributed by atoms with E-state index in [0.29, 0.717) is 5.56 Å². The number of nitrogens with zero attached hydrogens (tertiary/aromatic N) is 1. The molecule has 2 aromatic rings. The number of anilines is 1. The van der Waals surface area contributed by atoms with Gasteiger partial charge in [0.05, 0.1) is 0 Å². The monoisotopic (exact) mass is 260 g/mol. The van der Waals surface area contributed by atoms with Crippen LogP contribution >= 0.6 is 11.3 Å². The number of hydrogen-bond acceptors (Lipinski definition) is 3. The summed E-state index contributed by atoms with van der Waals surface area (Å²) in [5, 5.41) is 5.39. The average Bonchev–Trinajstić information content (AvgIpc) is 2.89. The van der Waals surface area contributed by atoms with Gasteiger partial charge in [0.25, 0.3) is 5.91 Å². The van der Waals surface area contributed by atoms with Gasteiger partial charge in [-0.2, -0.15) is 0 Å². The standard InChI is InChI=1S/C14H16N2OS/c1-16(2)14(17)11-5-7-12(8-6-11)15-10-13-4-3-9-18-13/h3-9,15H,10H2,1-2H3. The van der Waals surface area contributed by atoms with E-state index < -0.39 is 0 Å². The molecule has 0 spiro atoms. The van der Waals surface area contributed by atoms with Crippen LogP contribution in [0.15, 0.2) is 41.8 Å². The SMILES string of the molecule is CN(C)C(=O)c1ccc(NCc2cccs2)cc1. The number of carbonyl (C=O) groups is 1. The Morgan fingerprint density at radius 3 is 2.50 bits per heavy atom. The van der Waals surface area contributed by atoms with E-state index in [-0.39, 0.29) is 5.91 Å². The summed E-state index contributed by atoms with van der Waals surface area (Å²) in [6.07, 6.45) is 0. The molecule has 1 heterocycles. The number of thiophene rings is 1. The second kappa shape index (κ2) is 5.69. The second-order valence-corrected chi connectivity index (χ2v) is 5.24. The molecular weight excluding hydrogens is 244 g/mol. The Bertz CT molecular complexity index is 503. The molecule has 0 saturated carbocycles. The summed E-state index contributed by atoms with van der Waals surface area (Å²) in [7, 11) is 3.51. The molecule has 18 heavy (non-hydrogen) atoms. The molecule has 1 aromatic carbocycles. The van der Waals surface area contributed by atoms with E-state index in [1.807, 2.05) is 30.3 Å². The van der Waals surface area contributed by atoms with E-state index in [0.717, 1.165) is 12.2 Å². The van der Waals surface area contributed by atoms with E-state index in [1.165, 1.54) is 4.88 Å². The van der Waals surface area contributed by atoms with Crippen molar-refractivity contribution in [2.45, 2.75) is 6.54 Å². The fourth-order valence-corrected chi connectivity index (χ4v) is 2.24. The summed E-state index contributed by atoms with van der Waals surface area (Å²) in [4.78, 5) is 14.6. The minimum Gasteiger partial charge on any atom is -0.380 e. The molecule has 0 atom stereocenters. The highest BCUT2D eigenvalue weighted by atomic mass is 32.1. The van der Waals surface area contributed by atoms with Gasteiger partial charge in [-0.15, -0.1) is 11.3 Å². The maximum Gasteiger partial charge on any atom is 0.253 e. The third-order valence-electron chi connectivity index (χ3n) is 2.58. The zero-order valence-corrected chi connectivity index (χ0v) is 11.3. The predicted molar refractivity (Wildman–Crippen MR) is 76.1 cm³/mol. The molecule has 0 radical (unpaired) electrons. The van der Waals surface area contributed by atoms with E-state index in [4.69, 9.17) is 0 Å². The van der Waals surface area contributed by atoms with Crippen LogP contribution in [0.3, 0.4) is 0 Å². The molecule has 1 amide bonds. The first-order valence-electron chi connectivity index (χ1n) is 5.75. The Balaban J connectivity index is 1.97. The topological polar surface area (TPSA) is 32.3 Å². The third kappa shape index (κ3) is 3.11. The van der Waals surface area contributed by atoms with Crippen LogP contribution in [0.1, 0.15) is 15.2 Å². The Morgan fingerprint density at radius 2 is 1.94 bits per heavy atom. The van der Waals surface area contributed by atoms with Crippen LogP contribution in [0.5, 0.6) is 0 Å². The van der Waals surface area contributed by atoms with Gasteiger partial charge >= 0.3 is 0 Å². The molecule has 3 nitrogen and oxygen atoms in total. The molecule has 94 valence electrons. The quantitative estimate of drug-likeness (QED) is 0.916. The fraction of sp³-hybridized carbons (Fsp3) is 0.214. The van der Waals surface area contributed by atoms with Crippen molar-refractivity contribution in [3.05, 3.63) is 52.2 Å². The van der Waals surface area contributed by atoms with Gasteiger partial charge in [0.15, 0.2) is 0 Å². The Labute approximate surface area is 111 Å². The van der Waals surface area contributed by atoms with E-state index in [2.05, 4.69) is 16.8 Å². The molecule has 1 aromatic heterocycles. The molecule has 0 aliphatic rings. The normalized spacial score (nSPS) is 10.1. The minimum atomic E-state index is 0.0276. The van der Waals surface area contributed by atoms with Crippen molar-refractivity contribution >= 4 is 22.9 Å². The smallest absolute Gasteiger partial charge is 0.253 e. The molecule has 0 fully saturated rings. The van der Waals surface area contributed by atoms with E-state index >= 15 is 0 Å². The van der Waals surface area contributed by atoms with E-state index in [9.17, 15) is 4.79 Å². The highest BCUT2D eigenvalue weighted by Gasteiger charge is 2.06. The average molecular weight is 260 g/mol. The lowest BCUT2D eigenvalue weighted by Crippen LogP contribution is -2.21. The number of carbonyl (C=O) groups excluding carboxylic acids is 1. The lowest BCUT2D eigenvalue weighted by Gasteiger charge is -2.11. The molecule has 0 unspecified atom stereocenters. The van der Waals surface area contributed by atoms with Crippen LogP contribution in [0, 0.1) is 0 Å².